The van der Waals surface area contributed by atoms with Gasteiger partial charge >= 0.3 is 5.69 Å². The van der Waals surface area contributed by atoms with Gasteiger partial charge in [-0.05, 0) is 43.7 Å². The topological polar surface area (TPSA) is 91.3 Å². The second kappa shape index (κ2) is 9.03. The van der Waals surface area contributed by atoms with Crippen molar-refractivity contribution in [3.05, 3.63) is 46.4 Å². The van der Waals surface area contributed by atoms with E-state index in [1.54, 1.807) is 30.0 Å². The maximum absolute atomic E-state index is 14.2. The molecule has 2 aromatic rings. The Morgan fingerprint density at radius 2 is 1.71 bits per heavy atom. The van der Waals surface area contributed by atoms with Crippen LogP contribution >= 0.6 is 0 Å². The standard InChI is InChI=1S/C22H28FN5O3/c1-15(29)26-12-8-17(9-13-26)21(30)27-10-6-16(7-11-27)14-20-24-25-22(31)28(20)19-5-3-2-4-18(19)23/h2-5,16-17H,6-14H2,1H3,(H,25,31). The van der Waals surface area contributed by atoms with Gasteiger partial charge < -0.3 is 9.80 Å². The zero-order chi connectivity index (χ0) is 22.0. The minimum absolute atomic E-state index is 0.00951. The third kappa shape index (κ3) is 4.55. The second-order valence-electron chi connectivity index (χ2n) is 8.48. The fourth-order valence-electron chi connectivity index (χ4n) is 4.66. The van der Waals surface area contributed by atoms with Crippen molar-refractivity contribution >= 4 is 11.8 Å². The van der Waals surface area contributed by atoms with E-state index in [9.17, 15) is 18.8 Å². The first-order chi connectivity index (χ1) is 14.9. The molecule has 8 nitrogen and oxygen atoms in total. The average Bonchev–Trinajstić information content (AvgIpc) is 3.14. The number of hydrogen-bond acceptors (Lipinski definition) is 4. The van der Waals surface area contributed by atoms with E-state index in [4.69, 9.17) is 0 Å². The first-order valence-electron chi connectivity index (χ1n) is 10.9. The highest BCUT2D eigenvalue weighted by atomic mass is 19.1. The van der Waals surface area contributed by atoms with Crippen LogP contribution in [0.1, 0.15) is 38.4 Å². The normalized spacial score (nSPS) is 18.4. The lowest BCUT2D eigenvalue weighted by Crippen LogP contribution is -2.46. The summed E-state index contributed by atoms with van der Waals surface area (Å²) in [6, 6.07) is 6.16. The number of halogens is 1. The molecule has 4 rings (SSSR count). The molecule has 1 N–H and O–H groups in total. The van der Waals surface area contributed by atoms with Gasteiger partial charge in [0, 0.05) is 45.4 Å². The Balaban J connectivity index is 1.35. The van der Waals surface area contributed by atoms with Gasteiger partial charge in [-0.15, -0.1) is 0 Å². The van der Waals surface area contributed by atoms with Gasteiger partial charge in [0.1, 0.15) is 11.6 Å². The molecule has 2 aliphatic heterocycles. The number of para-hydroxylation sites is 1. The molecule has 2 fully saturated rings. The highest BCUT2D eigenvalue weighted by molar-refractivity contribution is 5.79. The van der Waals surface area contributed by atoms with Crippen molar-refractivity contribution in [3.8, 4) is 5.69 Å². The minimum Gasteiger partial charge on any atom is -0.343 e. The van der Waals surface area contributed by atoms with Gasteiger partial charge in [0.2, 0.25) is 11.8 Å². The highest BCUT2D eigenvalue weighted by Gasteiger charge is 2.32. The number of aromatic nitrogens is 3. The third-order valence-electron chi connectivity index (χ3n) is 6.52. The smallest absolute Gasteiger partial charge is 0.343 e. The summed E-state index contributed by atoms with van der Waals surface area (Å²) in [6.45, 7) is 4.21. The Morgan fingerprint density at radius 3 is 2.35 bits per heavy atom. The van der Waals surface area contributed by atoms with E-state index in [1.165, 1.54) is 10.6 Å². The molecule has 0 aliphatic carbocycles. The zero-order valence-corrected chi connectivity index (χ0v) is 17.7. The predicted octanol–water partition coefficient (Wildman–Crippen LogP) is 1.74. The molecule has 0 spiro atoms. The number of rotatable bonds is 4. The van der Waals surface area contributed by atoms with E-state index in [1.807, 2.05) is 4.90 Å². The van der Waals surface area contributed by atoms with Gasteiger partial charge in [-0.1, -0.05) is 12.1 Å². The van der Waals surface area contributed by atoms with E-state index < -0.39 is 11.5 Å². The molecule has 0 radical (unpaired) electrons. The van der Waals surface area contributed by atoms with Crippen molar-refractivity contribution in [2.75, 3.05) is 26.2 Å². The quantitative estimate of drug-likeness (QED) is 0.802. The number of hydrogen-bond donors (Lipinski definition) is 1. The summed E-state index contributed by atoms with van der Waals surface area (Å²) >= 11 is 0. The molecule has 3 heterocycles. The van der Waals surface area contributed by atoms with Crippen molar-refractivity contribution in [2.45, 2.75) is 39.0 Å². The van der Waals surface area contributed by atoms with Crippen molar-refractivity contribution in [1.29, 1.82) is 0 Å². The number of nitrogens with one attached hydrogen (secondary N) is 1. The molecule has 0 saturated carbocycles. The van der Waals surface area contributed by atoms with Crippen LogP contribution in [-0.2, 0) is 16.0 Å². The lowest BCUT2D eigenvalue weighted by molar-refractivity contribution is -0.141. The molecule has 1 aromatic heterocycles. The third-order valence-corrected chi connectivity index (χ3v) is 6.52. The number of amides is 2. The van der Waals surface area contributed by atoms with Gasteiger partial charge in [-0.3, -0.25) is 9.59 Å². The summed E-state index contributed by atoms with van der Waals surface area (Å²) in [4.78, 5) is 40.3. The molecular formula is C22H28FN5O3. The van der Waals surface area contributed by atoms with E-state index in [2.05, 4.69) is 10.2 Å². The molecule has 9 heteroatoms. The lowest BCUT2D eigenvalue weighted by Gasteiger charge is -2.37. The molecule has 2 saturated heterocycles. The van der Waals surface area contributed by atoms with Crippen LogP contribution in [0.5, 0.6) is 0 Å². The van der Waals surface area contributed by atoms with Crippen molar-refractivity contribution < 1.29 is 14.0 Å². The summed E-state index contributed by atoms with van der Waals surface area (Å²) in [5.41, 5.74) is -0.259. The number of likely N-dealkylation sites (tertiary alicyclic amines) is 2. The van der Waals surface area contributed by atoms with Crippen LogP contribution in [0, 0.1) is 17.7 Å². The molecule has 166 valence electrons. The highest BCUT2D eigenvalue weighted by Crippen LogP contribution is 2.26. The van der Waals surface area contributed by atoms with Crippen molar-refractivity contribution in [2.24, 2.45) is 11.8 Å². The predicted molar refractivity (Wildman–Crippen MR) is 112 cm³/mol. The number of carbonyl (C=O) groups is 2. The van der Waals surface area contributed by atoms with E-state index in [0.29, 0.717) is 38.4 Å². The number of piperidine rings is 2. The van der Waals surface area contributed by atoms with Crippen LogP contribution in [0.3, 0.4) is 0 Å². The molecule has 1 aromatic carbocycles. The number of benzene rings is 1. The maximum atomic E-state index is 14.2. The van der Waals surface area contributed by atoms with Gasteiger partial charge in [0.25, 0.3) is 0 Å². The van der Waals surface area contributed by atoms with E-state index in [-0.39, 0.29) is 29.3 Å². The Kier molecular flexibility index (Phi) is 6.20. The lowest BCUT2D eigenvalue weighted by atomic mass is 9.90. The fraction of sp³-hybridized carbons (Fsp3) is 0.545. The maximum Gasteiger partial charge on any atom is 0.348 e. The van der Waals surface area contributed by atoms with E-state index >= 15 is 0 Å². The van der Waals surface area contributed by atoms with Gasteiger partial charge in [-0.2, -0.15) is 5.10 Å². The van der Waals surface area contributed by atoms with Crippen molar-refractivity contribution in [1.82, 2.24) is 24.6 Å². The monoisotopic (exact) mass is 429 g/mol. The van der Waals surface area contributed by atoms with Crippen LogP contribution < -0.4 is 5.69 Å². The van der Waals surface area contributed by atoms with Crippen LogP contribution in [-0.4, -0.2) is 62.6 Å². The fourth-order valence-corrected chi connectivity index (χ4v) is 4.66. The first kappa shape index (κ1) is 21.3. The Hall–Kier alpha value is -2.97. The minimum atomic E-state index is -0.469. The van der Waals surface area contributed by atoms with Crippen LogP contribution in [0.15, 0.2) is 29.1 Å². The Labute approximate surface area is 180 Å². The zero-order valence-electron chi connectivity index (χ0n) is 17.7. The number of aromatic amines is 1. The second-order valence-corrected chi connectivity index (χ2v) is 8.48. The molecule has 0 unspecified atom stereocenters. The first-order valence-corrected chi connectivity index (χ1v) is 10.9. The van der Waals surface area contributed by atoms with Crippen molar-refractivity contribution in [3.63, 3.8) is 0 Å². The summed E-state index contributed by atoms with van der Waals surface area (Å²) in [7, 11) is 0. The summed E-state index contributed by atoms with van der Waals surface area (Å²) in [5.74, 6) is 0.553. The molecule has 0 atom stereocenters. The Morgan fingerprint density at radius 1 is 1.06 bits per heavy atom. The van der Waals surface area contributed by atoms with Crippen LogP contribution in [0.2, 0.25) is 0 Å². The Bertz CT molecular complexity index is 1000. The van der Waals surface area contributed by atoms with Crippen LogP contribution in [0.4, 0.5) is 4.39 Å². The average molecular weight is 429 g/mol. The molecular weight excluding hydrogens is 401 g/mol. The molecule has 0 bridgehead atoms. The van der Waals surface area contributed by atoms with Gasteiger partial charge in [0.05, 0.1) is 5.69 Å². The molecule has 2 aliphatic rings. The number of carbonyl (C=O) groups excluding carboxylic acids is 2. The largest absolute Gasteiger partial charge is 0.348 e. The summed E-state index contributed by atoms with van der Waals surface area (Å²) in [6.07, 6.45) is 3.62. The number of H-pyrrole nitrogens is 1. The van der Waals surface area contributed by atoms with Gasteiger partial charge in [-0.25, -0.2) is 18.9 Å². The van der Waals surface area contributed by atoms with Crippen LogP contribution in [0.25, 0.3) is 5.69 Å². The van der Waals surface area contributed by atoms with Gasteiger partial charge in [0.15, 0.2) is 0 Å². The molecule has 2 amide bonds. The number of nitrogens with zero attached hydrogens (tertiary/aromatic N) is 4. The SMILES string of the molecule is CC(=O)N1CCC(C(=O)N2CCC(Cc3n[nH]c(=O)n3-c3ccccc3F)CC2)CC1. The molecule has 31 heavy (non-hydrogen) atoms. The van der Waals surface area contributed by atoms with E-state index in [0.717, 1.165) is 25.7 Å². The summed E-state index contributed by atoms with van der Waals surface area (Å²) < 4.78 is 15.5. The summed E-state index contributed by atoms with van der Waals surface area (Å²) in [5, 5.41) is 6.55.